The van der Waals surface area contributed by atoms with Gasteiger partial charge in [0.2, 0.25) is 0 Å². The van der Waals surface area contributed by atoms with Gasteiger partial charge in [0.25, 0.3) is 0 Å². The van der Waals surface area contributed by atoms with Gasteiger partial charge < -0.3 is 19.7 Å². The second-order valence-corrected chi connectivity index (χ2v) is 10.3. The average Bonchev–Trinajstić information content (AvgIpc) is 2.73. The molecule has 0 saturated carbocycles. The highest BCUT2D eigenvalue weighted by atomic mass is 16.5. The molecule has 35 heavy (non-hydrogen) atoms. The van der Waals surface area contributed by atoms with Crippen LogP contribution in [0.5, 0.6) is 0 Å². The Morgan fingerprint density at radius 2 is 1.31 bits per heavy atom. The molecule has 0 spiro atoms. The molecule has 0 fully saturated rings. The zero-order chi connectivity index (χ0) is 26.7. The molecule has 10 nitrogen and oxygen atoms in total. The Kier molecular flexibility index (Phi) is 8.41. The Morgan fingerprint density at radius 3 is 1.71 bits per heavy atom. The maximum absolute atomic E-state index is 12.5. The van der Waals surface area contributed by atoms with Crippen LogP contribution >= 0.6 is 0 Å². The van der Waals surface area contributed by atoms with E-state index in [4.69, 9.17) is 9.47 Å². The summed E-state index contributed by atoms with van der Waals surface area (Å²) < 4.78 is 9.57. The molecule has 0 aromatic rings. The smallest absolute Gasteiger partial charge is 0.316 e. The minimum Gasteiger partial charge on any atom is -0.511 e. The van der Waals surface area contributed by atoms with E-state index in [0.29, 0.717) is 0 Å². The monoisotopic (exact) mass is 490 g/mol. The van der Waals surface area contributed by atoms with Crippen LogP contribution in [0.4, 0.5) is 0 Å². The van der Waals surface area contributed by atoms with Crippen LogP contribution in [0.25, 0.3) is 0 Å². The lowest BCUT2D eigenvalue weighted by Gasteiger charge is -2.35. The summed E-state index contributed by atoms with van der Waals surface area (Å²) in [6, 6.07) is -0.458. The molecule has 2 rings (SSSR count). The molecule has 2 N–H and O–H groups in total. The molecule has 0 aromatic heterocycles. The van der Waals surface area contributed by atoms with Crippen molar-refractivity contribution < 1.29 is 38.9 Å². The number of carbonyl (C=O) groups is 4. The first-order valence-electron chi connectivity index (χ1n) is 11.3. The van der Waals surface area contributed by atoms with Crippen LogP contribution in [0.15, 0.2) is 32.6 Å². The van der Waals surface area contributed by atoms with E-state index < -0.39 is 40.6 Å². The van der Waals surface area contributed by atoms with Crippen LogP contribution in [0.2, 0.25) is 0 Å². The standard InChI is InChI=1S/C25H34N2O8/c1-13(27-12-15-17(29)9-25(4,5)19(21(15)31)23(33)35-7)10-26-11-14-16(28)8-24(2,3)18(20(14)30)22(32)34-6/h11-13,18-19,30-31H,8-10H2,1-7H3/t13-,18-,19-/m0/s1. The number of carbonyl (C=O) groups excluding carboxylic acids is 4. The highest BCUT2D eigenvalue weighted by Crippen LogP contribution is 2.42. The number of hydrogen-bond acceptors (Lipinski definition) is 10. The molecule has 0 bridgehead atoms. The molecule has 0 unspecified atom stereocenters. The minimum atomic E-state index is -0.987. The molecule has 192 valence electrons. The molecule has 3 atom stereocenters. The summed E-state index contributed by atoms with van der Waals surface area (Å²) >= 11 is 0. The topological polar surface area (TPSA) is 152 Å². The zero-order valence-corrected chi connectivity index (χ0v) is 21.2. The molecule has 0 aliphatic heterocycles. The fourth-order valence-electron chi connectivity index (χ4n) is 4.48. The molecule has 0 heterocycles. The molecule has 0 radical (unpaired) electrons. The number of aliphatic imine (C=N–C) groups is 2. The predicted molar refractivity (Wildman–Crippen MR) is 128 cm³/mol. The fourth-order valence-corrected chi connectivity index (χ4v) is 4.48. The van der Waals surface area contributed by atoms with E-state index in [1.54, 1.807) is 34.6 Å². The largest absolute Gasteiger partial charge is 0.511 e. The highest BCUT2D eigenvalue weighted by molar-refractivity contribution is 6.16. The van der Waals surface area contributed by atoms with Crippen molar-refractivity contribution in [3.05, 3.63) is 22.7 Å². The molecule has 2 aliphatic carbocycles. The van der Waals surface area contributed by atoms with E-state index in [1.165, 1.54) is 26.6 Å². The van der Waals surface area contributed by atoms with Gasteiger partial charge >= 0.3 is 11.9 Å². The lowest BCUT2D eigenvalue weighted by Crippen LogP contribution is -2.40. The van der Waals surface area contributed by atoms with E-state index in [-0.39, 0.29) is 53.6 Å². The van der Waals surface area contributed by atoms with E-state index in [1.807, 2.05) is 0 Å². The lowest BCUT2D eigenvalue weighted by molar-refractivity contribution is -0.151. The second-order valence-electron chi connectivity index (χ2n) is 10.3. The van der Waals surface area contributed by atoms with Crippen molar-refractivity contribution in [2.75, 3.05) is 20.8 Å². The van der Waals surface area contributed by atoms with Gasteiger partial charge in [-0.2, -0.15) is 0 Å². The Bertz CT molecular complexity index is 1030. The fraction of sp³-hybridized carbons (Fsp3) is 0.600. The first-order valence-corrected chi connectivity index (χ1v) is 11.3. The van der Waals surface area contributed by atoms with Crippen LogP contribution in [-0.4, -0.2) is 73.0 Å². The summed E-state index contributed by atoms with van der Waals surface area (Å²) in [4.78, 5) is 57.8. The molecule has 2 aliphatic rings. The van der Waals surface area contributed by atoms with E-state index in [0.717, 1.165) is 0 Å². The van der Waals surface area contributed by atoms with Crippen LogP contribution in [0, 0.1) is 22.7 Å². The highest BCUT2D eigenvalue weighted by Gasteiger charge is 2.47. The maximum atomic E-state index is 12.5. The number of nitrogens with zero attached hydrogens (tertiary/aromatic N) is 2. The van der Waals surface area contributed by atoms with Crippen LogP contribution in [0.3, 0.4) is 0 Å². The average molecular weight is 491 g/mol. The quantitative estimate of drug-likeness (QED) is 0.408. The number of Topliss-reactive ketones (excluding diaryl/α,β-unsaturated/α-hetero) is 2. The summed E-state index contributed by atoms with van der Waals surface area (Å²) in [5.41, 5.74) is -1.72. The number of aliphatic hydroxyl groups excluding tert-OH is 2. The summed E-state index contributed by atoms with van der Waals surface area (Å²) in [6.45, 7) is 8.62. The van der Waals surface area contributed by atoms with Gasteiger partial charge in [0.05, 0.1) is 38.0 Å². The number of esters is 2. The number of methoxy groups -OCH3 is 2. The molecular weight excluding hydrogens is 456 g/mol. The number of aliphatic hydroxyl groups is 2. The first-order chi connectivity index (χ1) is 16.2. The van der Waals surface area contributed by atoms with Gasteiger partial charge in [0, 0.05) is 25.3 Å². The third-order valence-corrected chi connectivity index (χ3v) is 6.42. The Morgan fingerprint density at radius 1 is 0.914 bits per heavy atom. The molecule has 0 saturated heterocycles. The third-order valence-electron chi connectivity index (χ3n) is 6.42. The van der Waals surface area contributed by atoms with Crippen molar-refractivity contribution in [3.63, 3.8) is 0 Å². The Labute approximate surface area is 204 Å². The molecular formula is C25H34N2O8. The number of ether oxygens (including phenoxy) is 2. The lowest BCUT2D eigenvalue weighted by atomic mass is 9.68. The van der Waals surface area contributed by atoms with Crippen LogP contribution in [0.1, 0.15) is 47.5 Å². The minimum absolute atomic E-state index is 0.0396. The summed E-state index contributed by atoms with van der Waals surface area (Å²) in [6.07, 6.45) is 2.52. The van der Waals surface area contributed by atoms with Crippen molar-refractivity contribution in [1.29, 1.82) is 0 Å². The van der Waals surface area contributed by atoms with Gasteiger partial charge in [-0.1, -0.05) is 27.7 Å². The van der Waals surface area contributed by atoms with Crippen LogP contribution < -0.4 is 0 Å². The van der Waals surface area contributed by atoms with Crippen molar-refractivity contribution in [2.45, 2.75) is 53.5 Å². The Hall–Kier alpha value is -3.30. The molecule has 0 amide bonds. The Balaban J connectivity index is 2.21. The van der Waals surface area contributed by atoms with Crippen molar-refractivity contribution >= 4 is 35.9 Å². The number of allylic oxidation sites excluding steroid dienone is 2. The predicted octanol–water partition coefficient (Wildman–Crippen LogP) is 2.72. The van der Waals surface area contributed by atoms with E-state index in [2.05, 4.69) is 9.98 Å². The SMILES string of the molecule is COC(=O)[C@@H]1C(O)=C(C=NC[C@H](C)N=CC2=C(O)[C@@H](C(=O)OC)C(C)(C)CC2=O)C(=O)CC1(C)C. The van der Waals surface area contributed by atoms with Gasteiger partial charge in [-0.15, -0.1) is 0 Å². The van der Waals surface area contributed by atoms with Gasteiger partial charge in [0.15, 0.2) is 11.6 Å². The molecule has 10 heteroatoms. The third kappa shape index (κ3) is 5.86. The van der Waals surface area contributed by atoms with Gasteiger partial charge in [-0.05, 0) is 17.8 Å². The van der Waals surface area contributed by atoms with Gasteiger partial charge in [0.1, 0.15) is 23.4 Å². The summed E-state index contributed by atoms with van der Waals surface area (Å²) in [7, 11) is 2.43. The normalized spacial score (nSPS) is 25.3. The van der Waals surface area contributed by atoms with E-state index in [9.17, 15) is 29.4 Å². The van der Waals surface area contributed by atoms with Crippen molar-refractivity contribution in [2.24, 2.45) is 32.7 Å². The maximum Gasteiger partial charge on any atom is 0.316 e. The van der Waals surface area contributed by atoms with Crippen molar-refractivity contribution in [3.8, 4) is 0 Å². The molecule has 0 aromatic carbocycles. The van der Waals surface area contributed by atoms with Crippen molar-refractivity contribution in [1.82, 2.24) is 0 Å². The number of rotatable bonds is 7. The second kappa shape index (κ2) is 10.5. The first kappa shape index (κ1) is 27.9. The number of hydrogen-bond donors (Lipinski definition) is 2. The van der Waals surface area contributed by atoms with E-state index >= 15 is 0 Å². The zero-order valence-electron chi connectivity index (χ0n) is 21.2. The van der Waals surface area contributed by atoms with Gasteiger partial charge in [-0.25, -0.2) is 0 Å². The van der Waals surface area contributed by atoms with Gasteiger partial charge in [-0.3, -0.25) is 29.2 Å². The summed E-state index contributed by atoms with van der Waals surface area (Å²) in [5.74, 6) is -4.68. The van der Waals surface area contributed by atoms with Crippen LogP contribution in [-0.2, 0) is 28.7 Å². The number of ketones is 2. The summed E-state index contributed by atoms with van der Waals surface area (Å²) in [5, 5.41) is 21.2.